The highest BCUT2D eigenvalue weighted by molar-refractivity contribution is 9.10. The Bertz CT molecular complexity index is 1100. The average Bonchev–Trinajstić information content (AvgIpc) is 3.45. The highest BCUT2D eigenvalue weighted by atomic mass is 79.9. The number of methoxy groups -OCH3 is 1. The van der Waals surface area contributed by atoms with Crippen molar-refractivity contribution < 1.29 is 18.8 Å². The predicted molar refractivity (Wildman–Crippen MR) is 110 cm³/mol. The Morgan fingerprint density at radius 3 is 2.80 bits per heavy atom. The smallest absolute Gasteiger partial charge is 0.311 e. The zero-order valence-corrected chi connectivity index (χ0v) is 17.6. The molecule has 4 rings (SSSR count). The summed E-state index contributed by atoms with van der Waals surface area (Å²) in [6.45, 7) is -0.0249. The van der Waals surface area contributed by atoms with Crippen molar-refractivity contribution in [2.75, 3.05) is 7.11 Å². The summed E-state index contributed by atoms with van der Waals surface area (Å²) in [5, 5.41) is 16.2. The van der Waals surface area contributed by atoms with Crippen LogP contribution in [-0.4, -0.2) is 26.8 Å². The lowest BCUT2D eigenvalue weighted by molar-refractivity contribution is -0.385. The maximum atomic E-state index is 13.9. The topological polar surface area (TPSA) is 92.3 Å². The number of pyridine rings is 1. The fourth-order valence-electron chi connectivity index (χ4n) is 3.13. The van der Waals surface area contributed by atoms with E-state index in [4.69, 9.17) is 9.47 Å². The van der Waals surface area contributed by atoms with E-state index in [1.165, 1.54) is 25.4 Å². The van der Waals surface area contributed by atoms with Crippen LogP contribution in [0.25, 0.3) is 11.3 Å². The number of benzene rings is 1. The first kappa shape index (κ1) is 20.4. The molecule has 0 amide bonds. The molecule has 0 spiro atoms. The fourth-order valence-corrected chi connectivity index (χ4v) is 3.44. The van der Waals surface area contributed by atoms with Crippen LogP contribution in [0.2, 0.25) is 0 Å². The van der Waals surface area contributed by atoms with E-state index in [1.54, 1.807) is 6.07 Å². The van der Waals surface area contributed by atoms with Gasteiger partial charge in [-0.15, -0.1) is 0 Å². The van der Waals surface area contributed by atoms with Gasteiger partial charge >= 0.3 is 5.69 Å². The summed E-state index contributed by atoms with van der Waals surface area (Å²) >= 11 is 3.15. The summed E-state index contributed by atoms with van der Waals surface area (Å²) in [6.07, 6.45) is 5.50. The molecule has 0 unspecified atom stereocenters. The Morgan fingerprint density at radius 2 is 2.13 bits per heavy atom. The molecule has 0 saturated heterocycles. The average molecular weight is 477 g/mol. The minimum atomic E-state index is -0.500. The number of ether oxygens (including phenoxy) is 2. The molecule has 0 radical (unpaired) electrons. The molecule has 1 fully saturated rings. The number of nitro benzene ring substituents is 1. The van der Waals surface area contributed by atoms with Gasteiger partial charge in [-0.05, 0) is 52.5 Å². The standard InChI is InChI=1S/C20H18BrFN4O4/c1-29-20-15(17-4-5-25(24-17)14-2-3-14)6-12(7-19(20)26(27)28)10-30-11-18-16(22)8-13(21)9-23-18/h4-9,14H,2-3,10-11H2,1H3. The van der Waals surface area contributed by atoms with E-state index >= 15 is 0 Å². The summed E-state index contributed by atoms with van der Waals surface area (Å²) in [5.41, 5.74) is 1.63. The molecule has 1 aromatic carbocycles. The zero-order valence-electron chi connectivity index (χ0n) is 16.0. The monoisotopic (exact) mass is 476 g/mol. The maximum Gasteiger partial charge on any atom is 0.311 e. The molecule has 1 aliphatic rings. The van der Waals surface area contributed by atoms with Crippen molar-refractivity contribution in [2.45, 2.75) is 32.1 Å². The van der Waals surface area contributed by atoms with E-state index in [0.717, 1.165) is 12.8 Å². The van der Waals surface area contributed by atoms with Crippen molar-refractivity contribution in [3.63, 3.8) is 0 Å². The first-order chi connectivity index (χ1) is 14.5. The number of nitrogens with zero attached hydrogens (tertiary/aromatic N) is 4. The molecule has 0 atom stereocenters. The molecule has 10 heteroatoms. The lowest BCUT2D eigenvalue weighted by atomic mass is 10.1. The first-order valence-electron chi connectivity index (χ1n) is 9.24. The van der Waals surface area contributed by atoms with Gasteiger partial charge in [0.05, 0.1) is 42.5 Å². The third-order valence-electron chi connectivity index (χ3n) is 4.73. The predicted octanol–water partition coefficient (Wildman–Crippen LogP) is 4.82. The molecule has 2 heterocycles. The van der Waals surface area contributed by atoms with Gasteiger partial charge in [-0.2, -0.15) is 5.10 Å². The van der Waals surface area contributed by atoms with Gasteiger partial charge in [0.2, 0.25) is 5.75 Å². The summed E-state index contributed by atoms with van der Waals surface area (Å²) in [6, 6.07) is 6.64. The SMILES string of the molecule is COc1c(-c2ccn(C3CC3)n2)cc(COCc2ncc(Br)cc2F)cc1[N+](=O)[O-]. The van der Waals surface area contributed by atoms with Crippen LogP contribution in [0.15, 0.2) is 41.1 Å². The van der Waals surface area contributed by atoms with Crippen molar-refractivity contribution in [1.29, 1.82) is 0 Å². The Balaban J connectivity index is 1.60. The molecular formula is C20H18BrFN4O4. The zero-order chi connectivity index (χ0) is 21.3. The Hall–Kier alpha value is -2.85. The fraction of sp³-hybridized carbons (Fsp3) is 0.300. The molecule has 0 aliphatic heterocycles. The minimum absolute atomic E-state index is 0.0400. The number of hydrogen-bond donors (Lipinski definition) is 0. The van der Waals surface area contributed by atoms with Crippen LogP contribution in [-0.2, 0) is 18.0 Å². The van der Waals surface area contributed by atoms with Gasteiger partial charge in [0, 0.05) is 22.9 Å². The van der Waals surface area contributed by atoms with Gasteiger partial charge in [0.25, 0.3) is 0 Å². The van der Waals surface area contributed by atoms with Gasteiger partial charge in [-0.25, -0.2) is 4.39 Å². The second-order valence-electron chi connectivity index (χ2n) is 6.94. The third kappa shape index (κ3) is 4.34. The Labute approximate surface area is 179 Å². The van der Waals surface area contributed by atoms with Crippen LogP contribution in [0.4, 0.5) is 10.1 Å². The lowest BCUT2D eigenvalue weighted by Gasteiger charge is -2.11. The molecular weight excluding hydrogens is 459 g/mol. The number of rotatable bonds is 8. The van der Waals surface area contributed by atoms with Crippen molar-refractivity contribution in [1.82, 2.24) is 14.8 Å². The van der Waals surface area contributed by atoms with Crippen molar-refractivity contribution >= 4 is 21.6 Å². The van der Waals surface area contributed by atoms with Crippen LogP contribution < -0.4 is 4.74 Å². The number of aromatic nitrogens is 3. The molecule has 156 valence electrons. The Morgan fingerprint density at radius 1 is 1.33 bits per heavy atom. The van der Waals surface area contributed by atoms with Gasteiger partial charge in [0.15, 0.2) is 0 Å². The summed E-state index contributed by atoms with van der Waals surface area (Å²) in [5.74, 6) is -0.346. The lowest BCUT2D eigenvalue weighted by Crippen LogP contribution is -2.02. The molecule has 3 aromatic rings. The van der Waals surface area contributed by atoms with Gasteiger partial charge in [-0.3, -0.25) is 19.8 Å². The summed E-state index contributed by atoms with van der Waals surface area (Å²) < 4.78 is 27.2. The molecule has 1 saturated carbocycles. The second-order valence-corrected chi connectivity index (χ2v) is 7.86. The van der Waals surface area contributed by atoms with Crippen LogP contribution in [0.3, 0.4) is 0 Å². The van der Waals surface area contributed by atoms with Crippen LogP contribution in [0.5, 0.6) is 5.75 Å². The molecule has 0 bridgehead atoms. The molecule has 30 heavy (non-hydrogen) atoms. The number of halogens is 2. The van der Waals surface area contributed by atoms with Crippen molar-refractivity contribution in [3.8, 4) is 17.0 Å². The van der Waals surface area contributed by atoms with Crippen molar-refractivity contribution in [3.05, 3.63) is 68.3 Å². The van der Waals surface area contributed by atoms with E-state index in [1.807, 2.05) is 16.9 Å². The van der Waals surface area contributed by atoms with E-state index in [2.05, 4.69) is 26.0 Å². The second kappa shape index (κ2) is 8.49. The normalized spacial score (nSPS) is 13.4. The first-order valence-corrected chi connectivity index (χ1v) is 10.0. The van der Waals surface area contributed by atoms with E-state index in [9.17, 15) is 14.5 Å². The van der Waals surface area contributed by atoms with E-state index in [-0.39, 0.29) is 30.3 Å². The van der Waals surface area contributed by atoms with E-state index in [0.29, 0.717) is 27.3 Å². The molecule has 8 nitrogen and oxygen atoms in total. The van der Waals surface area contributed by atoms with Gasteiger partial charge in [-0.1, -0.05) is 0 Å². The van der Waals surface area contributed by atoms with Crippen LogP contribution >= 0.6 is 15.9 Å². The molecule has 0 N–H and O–H groups in total. The Kier molecular flexibility index (Phi) is 5.78. The third-order valence-corrected chi connectivity index (χ3v) is 5.16. The van der Waals surface area contributed by atoms with E-state index < -0.39 is 10.7 Å². The van der Waals surface area contributed by atoms with Crippen LogP contribution in [0, 0.1) is 15.9 Å². The number of hydrogen-bond acceptors (Lipinski definition) is 6. The maximum absolute atomic E-state index is 13.9. The molecule has 2 aromatic heterocycles. The molecule has 1 aliphatic carbocycles. The highest BCUT2D eigenvalue weighted by Gasteiger charge is 2.27. The van der Waals surface area contributed by atoms with Crippen molar-refractivity contribution in [2.24, 2.45) is 0 Å². The minimum Gasteiger partial charge on any atom is -0.490 e. The number of nitro groups is 1. The van der Waals surface area contributed by atoms with Gasteiger partial charge < -0.3 is 9.47 Å². The van der Waals surface area contributed by atoms with Gasteiger partial charge in [0.1, 0.15) is 11.5 Å². The quantitative estimate of drug-likeness (QED) is 0.342. The summed E-state index contributed by atoms with van der Waals surface area (Å²) in [4.78, 5) is 15.1. The largest absolute Gasteiger partial charge is 0.490 e. The highest BCUT2D eigenvalue weighted by Crippen LogP contribution is 2.40. The summed E-state index contributed by atoms with van der Waals surface area (Å²) in [7, 11) is 1.39. The van der Waals surface area contributed by atoms with Crippen LogP contribution in [0.1, 0.15) is 30.1 Å².